The second-order valence-electron chi connectivity index (χ2n) is 4.72. The van der Waals surface area contributed by atoms with Crippen LogP contribution in [0.4, 0.5) is 4.39 Å². The molecule has 3 rings (SSSR count). The zero-order valence-electron chi connectivity index (χ0n) is 11.3. The van der Waals surface area contributed by atoms with E-state index in [0.29, 0.717) is 18.1 Å². The number of rotatable bonds is 5. The normalized spacial score (nSPS) is 12.5. The van der Waals surface area contributed by atoms with Crippen LogP contribution in [0, 0.1) is 5.13 Å². The molecule has 1 aromatic heterocycles. The standard InChI is InChI=1S/C17H14ClFOS/c18-10-9-14(12-5-2-1-3-6-12)20-15-8-4-7-13-11-16(19)21-17(13)15/h1-8,11,14H,9-10H2. The minimum atomic E-state index is -0.199. The summed E-state index contributed by atoms with van der Waals surface area (Å²) in [6.07, 6.45) is 0.579. The lowest BCUT2D eigenvalue weighted by molar-refractivity contribution is 0.205. The molecule has 1 heterocycles. The quantitative estimate of drug-likeness (QED) is 0.541. The molecule has 0 amide bonds. The summed E-state index contributed by atoms with van der Waals surface area (Å²) in [4.78, 5) is 0. The third kappa shape index (κ3) is 3.20. The predicted molar refractivity (Wildman–Crippen MR) is 86.9 cm³/mol. The third-order valence-electron chi connectivity index (χ3n) is 3.29. The van der Waals surface area contributed by atoms with Gasteiger partial charge in [-0.15, -0.1) is 22.9 Å². The summed E-state index contributed by atoms with van der Waals surface area (Å²) in [5.74, 6) is 1.22. The van der Waals surface area contributed by atoms with Crippen molar-refractivity contribution >= 4 is 33.0 Å². The predicted octanol–water partition coefficient (Wildman–Crippen LogP) is 5.79. The Morgan fingerprint density at radius 2 is 1.90 bits per heavy atom. The van der Waals surface area contributed by atoms with Crippen molar-refractivity contribution in [2.24, 2.45) is 0 Å². The van der Waals surface area contributed by atoms with Crippen LogP contribution in [0.15, 0.2) is 54.6 Å². The first-order valence-corrected chi connectivity index (χ1v) is 8.08. The van der Waals surface area contributed by atoms with Crippen LogP contribution in [0.2, 0.25) is 0 Å². The van der Waals surface area contributed by atoms with E-state index in [0.717, 1.165) is 27.0 Å². The van der Waals surface area contributed by atoms with E-state index >= 15 is 0 Å². The summed E-state index contributed by atoms with van der Waals surface area (Å²) in [5.41, 5.74) is 1.08. The molecule has 0 saturated heterocycles. The molecule has 0 N–H and O–H groups in total. The Morgan fingerprint density at radius 3 is 2.67 bits per heavy atom. The van der Waals surface area contributed by atoms with E-state index < -0.39 is 0 Å². The first kappa shape index (κ1) is 14.4. The van der Waals surface area contributed by atoms with Crippen molar-refractivity contribution in [2.75, 3.05) is 5.88 Å². The fourth-order valence-electron chi connectivity index (χ4n) is 2.31. The molecular formula is C17H14ClFOS. The van der Waals surface area contributed by atoms with Crippen LogP contribution in [-0.4, -0.2) is 5.88 Å². The number of hydrogen-bond donors (Lipinski definition) is 0. The number of fused-ring (bicyclic) bond motifs is 1. The summed E-state index contributed by atoms with van der Waals surface area (Å²) in [5, 5.41) is 0.669. The lowest BCUT2D eigenvalue weighted by Crippen LogP contribution is -2.08. The molecule has 2 aromatic carbocycles. The largest absolute Gasteiger partial charge is 0.484 e. The maximum absolute atomic E-state index is 13.5. The van der Waals surface area contributed by atoms with Gasteiger partial charge in [-0.1, -0.05) is 42.5 Å². The zero-order valence-corrected chi connectivity index (χ0v) is 12.8. The zero-order chi connectivity index (χ0) is 14.7. The minimum absolute atomic E-state index is 0.125. The molecule has 0 bridgehead atoms. The fourth-order valence-corrected chi connectivity index (χ4v) is 3.35. The highest BCUT2D eigenvalue weighted by molar-refractivity contribution is 7.17. The summed E-state index contributed by atoms with van der Waals surface area (Å²) >= 11 is 7.01. The van der Waals surface area contributed by atoms with E-state index in [4.69, 9.17) is 16.3 Å². The van der Waals surface area contributed by atoms with E-state index in [-0.39, 0.29) is 11.2 Å². The molecule has 108 valence electrons. The lowest BCUT2D eigenvalue weighted by atomic mass is 10.1. The van der Waals surface area contributed by atoms with Crippen molar-refractivity contribution in [3.8, 4) is 5.75 Å². The summed E-state index contributed by atoms with van der Waals surface area (Å²) in [6.45, 7) is 0. The van der Waals surface area contributed by atoms with Crippen LogP contribution in [0.3, 0.4) is 0 Å². The maximum Gasteiger partial charge on any atom is 0.177 e. The molecule has 1 unspecified atom stereocenters. The van der Waals surface area contributed by atoms with E-state index in [1.165, 1.54) is 6.07 Å². The molecule has 21 heavy (non-hydrogen) atoms. The SMILES string of the molecule is Fc1cc2cccc(OC(CCCl)c3ccccc3)c2s1. The van der Waals surface area contributed by atoms with Crippen LogP contribution >= 0.6 is 22.9 Å². The first-order chi connectivity index (χ1) is 10.3. The van der Waals surface area contributed by atoms with Gasteiger partial charge in [-0.05, 0) is 23.1 Å². The maximum atomic E-state index is 13.5. The Balaban J connectivity index is 1.94. The van der Waals surface area contributed by atoms with Crippen LogP contribution in [0.1, 0.15) is 18.1 Å². The average Bonchev–Trinajstić information content (AvgIpc) is 2.89. The molecule has 4 heteroatoms. The van der Waals surface area contributed by atoms with Crippen LogP contribution < -0.4 is 4.74 Å². The topological polar surface area (TPSA) is 9.23 Å². The molecule has 0 aliphatic rings. The lowest BCUT2D eigenvalue weighted by Gasteiger charge is -2.19. The first-order valence-electron chi connectivity index (χ1n) is 6.73. The van der Waals surface area contributed by atoms with Crippen molar-refractivity contribution in [3.05, 3.63) is 65.3 Å². The highest BCUT2D eigenvalue weighted by Crippen LogP contribution is 2.36. The fraction of sp³-hybridized carbons (Fsp3) is 0.176. The molecule has 0 aliphatic heterocycles. The molecule has 1 atom stereocenters. The van der Waals surface area contributed by atoms with Gasteiger partial charge < -0.3 is 4.74 Å². The highest BCUT2D eigenvalue weighted by Gasteiger charge is 2.15. The van der Waals surface area contributed by atoms with Gasteiger partial charge in [0.05, 0.1) is 4.70 Å². The van der Waals surface area contributed by atoms with E-state index in [9.17, 15) is 4.39 Å². The average molecular weight is 321 g/mol. The van der Waals surface area contributed by atoms with E-state index in [1.54, 1.807) is 0 Å². The number of halogens is 2. The summed E-state index contributed by atoms with van der Waals surface area (Å²) < 4.78 is 20.4. The minimum Gasteiger partial charge on any atom is -0.484 e. The van der Waals surface area contributed by atoms with Crippen molar-refractivity contribution < 1.29 is 9.13 Å². The highest BCUT2D eigenvalue weighted by atomic mass is 35.5. The van der Waals surface area contributed by atoms with Gasteiger partial charge in [0.1, 0.15) is 11.9 Å². The van der Waals surface area contributed by atoms with Crippen molar-refractivity contribution in [1.29, 1.82) is 0 Å². The Labute approximate surface area is 131 Å². The molecule has 3 aromatic rings. The second kappa shape index (κ2) is 6.46. The van der Waals surface area contributed by atoms with Gasteiger partial charge in [0.25, 0.3) is 0 Å². The van der Waals surface area contributed by atoms with Gasteiger partial charge in [-0.3, -0.25) is 0 Å². The molecule has 0 radical (unpaired) electrons. The van der Waals surface area contributed by atoms with E-state index in [1.807, 2.05) is 48.5 Å². The number of alkyl halides is 1. The Morgan fingerprint density at radius 1 is 1.10 bits per heavy atom. The molecule has 0 spiro atoms. The summed E-state index contributed by atoms with van der Waals surface area (Å²) in [6, 6.07) is 17.1. The monoisotopic (exact) mass is 320 g/mol. The van der Waals surface area contributed by atoms with Crippen molar-refractivity contribution in [2.45, 2.75) is 12.5 Å². The third-order valence-corrected chi connectivity index (χ3v) is 4.46. The Hall–Kier alpha value is -1.58. The van der Waals surface area contributed by atoms with Crippen LogP contribution in [-0.2, 0) is 0 Å². The van der Waals surface area contributed by atoms with Gasteiger partial charge in [-0.2, -0.15) is 4.39 Å². The number of hydrogen-bond acceptors (Lipinski definition) is 2. The molecular weight excluding hydrogens is 307 g/mol. The smallest absolute Gasteiger partial charge is 0.177 e. The Kier molecular flexibility index (Phi) is 4.42. The van der Waals surface area contributed by atoms with Crippen molar-refractivity contribution in [1.82, 2.24) is 0 Å². The second-order valence-corrected chi connectivity index (χ2v) is 6.10. The Bertz CT molecular complexity index is 726. The van der Waals surface area contributed by atoms with Crippen LogP contribution in [0.25, 0.3) is 10.1 Å². The number of benzene rings is 2. The van der Waals surface area contributed by atoms with E-state index in [2.05, 4.69) is 0 Å². The van der Waals surface area contributed by atoms with Crippen molar-refractivity contribution in [3.63, 3.8) is 0 Å². The van der Waals surface area contributed by atoms with Crippen LogP contribution in [0.5, 0.6) is 5.75 Å². The van der Waals surface area contributed by atoms with Gasteiger partial charge in [0, 0.05) is 12.3 Å². The van der Waals surface area contributed by atoms with Gasteiger partial charge >= 0.3 is 0 Å². The summed E-state index contributed by atoms with van der Waals surface area (Å²) in [7, 11) is 0. The van der Waals surface area contributed by atoms with Gasteiger partial charge in [0.15, 0.2) is 5.13 Å². The molecule has 0 saturated carbocycles. The number of ether oxygens (including phenoxy) is 1. The molecule has 0 aliphatic carbocycles. The molecule has 0 fully saturated rings. The van der Waals surface area contributed by atoms with Gasteiger partial charge in [0.2, 0.25) is 0 Å². The van der Waals surface area contributed by atoms with Gasteiger partial charge in [-0.25, -0.2) is 0 Å². The number of thiophene rings is 1. The molecule has 1 nitrogen and oxygen atoms in total.